The van der Waals surface area contributed by atoms with Gasteiger partial charge >= 0.3 is 0 Å². The van der Waals surface area contributed by atoms with E-state index in [0.717, 1.165) is 16.7 Å². The first kappa shape index (κ1) is 18.4. The summed E-state index contributed by atoms with van der Waals surface area (Å²) in [4.78, 5) is 29.1. The lowest BCUT2D eigenvalue weighted by atomic mass is 10.1. The van der Waals surface area contributed by atoms with E-state index in [-0.39, 0.29) is 11.8 Å². The summed E-state index contributed by atoms with van der Waals surface area (Å²) in [5.41, 5.74) is 3.88. The fraction of sp³-hybridized carbons (Fsp3) is 0.0909. The van der Waals surface area contributed by atoms with Crippen molar-refractivity contribution in [1.82, 2.24) is 14.8 Å². The van der Waals surface area contributed by atoms with E-state index in [1.54, 1.807) is 47.3 Å². The molecule has 2 N–H and O–H groups in total. The van der Waals surface area contributed by atoms with Crippen LogP contribution in [0.25, 0.3) is 11.0 Å². The Labute approximate surface area is 167 Å². The Morgan fingerprint density at radius 2 is 1.48 bits per heavy atom. The van der Waals surface area contributed by atoms with Crippen LogP contribution in [0.5, 0.6) is 0 Å². The molecule has 0 unspecified atom stereocenters. The average molecular weight is 385 g/mol. The Bertz CT molecular complexity index is 1200. The Morgan fingerprint density at radius 3 is 2.17 bits per heavy atom. The number of pyridine rings is 1. The number of benzene rings is 2. The SMILES string of the molecule is Cc1nn(C)c2ncc(NC(=O)c3ccc(NC(=O)c4ccccc4)cc3)cc12. The molecular weight excluding hydrogens is 366 g/mol. The molecule has 7 heteroatoms. The van der Waals surface area contributed by atoms with Gasteiger partial charge in [0.1, 0.15) is 0 Å². The second-order valence-corrected chi connectivity index (χ2v) is 6.66. The number of fused-ring (bicyclic) bond motifs is 1. The molecule has 0 aliphatic rings. The van der Waals surface area contributed by atoms with Crippen LogP contribution in [-0.4, -0.2) is 26.6 Å². The van der Waals surface area contributed by atoms with Crippen molar-refractivity contribution in [1.29, 1.82) is 0 Å². The highest BCUT2D eigenvalue weighted by Gasteiger charge is 2.11. The van der Waals surface area contributed by atoms with Gasteiger partial charge in [0.25, 0.3) is 11.8 Å². The third kappa shape index (κ3) is 3.84. The molecule has 0 aliphatic heterocycles. The van der Waals surface area contributed by atoms with Crippen LogP contribution in [-0.2, 0) is 7.05 Å². The zero-order chi connectivity index (χ0) is 20.4. The summed E-state index contributed by atoms with van der Waals surface area (Å²) in [5, 5.41) is 10.9. The van der Waals surface area contributed by atoms with Crippen LogP contribution in [0.15, 0.2) is 66.9 Å². The van der Waals surface area contributed by atoms with Gasteiger partial charge in [-0.2, -0.15) is 5.10 Å². The van der Waals surface area contributed by atoms with E-state index in [0.29, 0.717) is 22.5 Å². The molecule has 4 rings (SSSR count). The van der Waals surface area contributed by atoms with Gasteiger partial charge in [-0.3, -0.25) is 14.3 Å². The van der Waals surface area contributed by atoms with Crippen molar-refractivity contribution in [3.63, 3.8) is 0 Å². The van der Waals surface area contributed by atoms with Gasteiger partial charge in [-0.05, 0) is 49.4 Å². The molecule has 0 spiro atoms. The molecule has 2 heterocycles. The lowest BCUT2D eigenvalue weighted by Crippen LogP contribution is -2.13. The minimum atomic E-state index is -0.256. The number of aromatic nitrogens is 3. The predicted molar refractivity (Wildman–Crippen MR) is 112 cm³/mol. The van der Waals surface area contributed by atoms with E-state index in [1.807, 2.05) is 38.2 Å². The molecule has 0 aliphatic carbocycles. The summed E-state index contributed by atoms with van der Waals surface area (Å²) >= 11 is 0. The Balaban J connectivity index is 1.45. The number of anilines is 2. The number of rotatable bonds is 4. The highest BCUT2D eigenvalue weighted by Crippen LogP contribution is 2.20. The highest BCUT2D eigenvalue weighted by molar-refractivity contribution is 6.06. The number of nitrogens with one attached hydrogen (secondary N) is 2. The highest BCUT2D eigenvalue weighted by atomic mass is 16.2. The standard InChI is InChI=1S/C22H19N5O2/c1-14-19-12-18(13-23-20(19)27(2)26-14)25-22(29)16-8-10-17(11-9-16)24-21(28)15-6-4-3-5-7-15/h3-13H,1-2H3,(H,24,28)(H,25,29). The Kier molecular flexibility index (Phi) is 4.78. The van der Waals surface area contributed by atoms with Crippen LogP contribution in [0.2, 0.25) is 0 Å². The minimum Gasteiger partial charge on any atom is -0.322 e. The van der Waals surface area contributed by atoms with E-state index < -0.39 is 0 Å². The smallest absolute Gasteiger partial charge is 0.255 e. The molecule has 29 heavy (non-hydrogen) atoms. The molecular formula is C22H19N5O2. The molecule has 4 aromatic rings. The topological polar surface area (TPSA) is 88.9 Å². The van der Waals surface area contributed by atoms with Crippen LogP contribution in [0.4, 0.5) is 11.4 Å². The molecule has 144 valence electrons. The van der Waals surface area contributed by atoms with Crippen LogP contribution < -0.4 is 10.6 Å². The molecule has 0 bridgehead atoms. The van der Waals surface area contributed by atoms with Gasteiger partial charge in [-0.1, -0.05) is 18.2 Å². The van der Waals surface area contributed by atoms with Crippen molar-refractivity contribution in [3.05, 3.63) is 83.7 Å². The van der Waals surface area contributed by atoms with Gasteiger partial charge < -0.3 is 10.6 Å². The van der Waals surface area contributed by atoms with Crippen molar-refractivity contribution in [3.8, 4) is 0 Å². The number of aryl methyl sites for hydroxylation is 2. The zero-order valence-electron chi connectivity index (χ0n) is 16.0. The second-order valence-electron chi connectivity index (χ2n) is 6.66. The summed E-state index contributed by atoms with van der Waals surface area (Å²) in [7, 11) is 1.83. The van der Waals surface area contributed by atoms with Gasteiger partial charge in [0.05, 0.1) is 17.6 Å². The van der Waals surface area contributed by atoms with Crippen molar-refractivity contribution in [2.75, 3.05) is 10.6 Å². The van der Waals surface area contributed by atoms with Crippen LogP contribution >= 0.6 is 0 Å². The summed E-state index contributed by atoms with van der Waals surface area (Å²) < 4.78 is 1.71. The molecule has 0 saturated heterocycles. The summed E-state index contributed by atoms with van der Waals surface area (Å²) in [5.74, 6) is -0.456. The normalized spacial score (nSPS) is 10.7. The van der Waals surface area contributed by atoms with Crippen molar-refractivity contribution >= 4 is 34.2 Å². The summed E-state index contributed by atoms with van der Waals surface area (Å²) in [6.45, 7) is 1.90. The first-order chi connectivity index (χ1) is 14.0. The quantitative estimate of drug-likeness (QED) is 0.559. The number of carbonyl (C=O) groups is 2. The maximum absolute atomic E-state index is 12.5. The number of nitrogens with zero attached hydrogens (tertiary/aromatic N) is 3. The molecule has 2 aromatic heterocycles. The van der Waals surface area contributed by atoms with Gasteiger partial charge in [0.15, 0.2) is 5.65 Å². The van der Waals surface area contributed by atoms with Crippen molar-refractivity contribution in [2.45, 2.75) is 6.92 Å². The molecule has 0 fully saturated rings. The molecule has 2 aromatic carbocycles. The predicted octanol–water partition coefficient (Wildman–Crippen LogP) is 3.78. The van der Waals surface area contributed by atoms with E-state index in [4.69, 9.17) is 0 Å². The largest absolute Gasteiger partial charge is 0.322 e. The molecule has 2 amide bonds. The van der Waals surface area contributed by atoms with Crippen molar-refractivity contribution < 1.29 is 9.59 Å². The minimum absolute atomic E-state index is 0.200. The van der Waals surface area contributed by atoms with Gasteiger partial charge in [0.2, 0.25) is 0 Å². The fourth-order valence-corrected chi connectivity index (χ4v) is 3.08. The van der Waals surface area contributed by atoms with Crippen LogP contribution in [0.3, 0.4) is 0 Å². The van der Waals surface area contributed by atoms with Crippen LogP contribution in [0.1, 0.15) is 26.4 Å². The first-order valence-corrected chi connectivity index (χ1v) is 9.08. The summed E-state index contributed by atoms with van der Waals surface area (Å²) in [6, 6.07) is 17.5. The molecule has 7 nitrogen and oxygen atoms in total. The average Bonchev–Trinajstić information content (AvgIpc) is 3.02. The molecule has 0 saturated carbocycles. The Hall–Kier alpha value is -4.00. The monoisotopic (exact) mass is 385 g/mol. The van der Waals surface area contributed by atoms with E-state index >= 15 is 0 Å². The Morgan fingerprint density at radius 1 is 0.862 bits per heavy atom. The summed E-state index contributed by atoms with van der Waals surface area (Å²) in [6.07, 6.45) is 1.61. The van der Waals surface area contributed by atoms with Gasteiger partial charge in [-0.25, -0.2) is 4.98 Å². The molecule has 0 radical (unpaired) electrons. The van der Waals surface area contributed by atoms with Gasteiger partial charge in [-0.15, -0.1) is 0 Å². The second kappa shape index (κ2) is 7.55. The van der Waals surface area contributed by atoms with E-state index in [2.05, 4.69) is 20.7 Å². The third-order valence-electron chi connectivity index (χ3n) is 4.56. The number of hydrogen-bond donors (Lipinski definition) is 2. The number of amides is 2. The first-order valence-electron chi connectivity index (χ1n) is 9.08. The maximum atomic E-state index is 12.5. The number of hydrogen-bond acceptors (Lipinski definition) is 4. The number of carbonyl (C=O) groups excluding carboxylic acids is 2. The molecule has 0 atom stereocenters. The van der Waals surface area contributed by atoms with Gasteiger partial charge in [0, 0.05) is 29.2 Å². The fourth-order valence-electron chi connectivity index (χ4n) is 3.08. The van der Waals surface area contributed by atoms with E-state index in [1.165, 1.54) is 0 Å². The van der Waals surface area contributed by atoms with Crippen LogP contribution in [0, 0.1) is 6.92 Å². The zero-order valence-corrected chi connectivity index (χ0v) is 16.0. The van der Waals surface area contributed by atoms with Crippen molar-refractivity contribution in [2.24, 2.45) is 7.05 Å². The van der Waals surface area contributed by atoms with E-state index in [9.17, 15) is 9.59 Å². The third-order valence-corrected chi connectivity index (χ3v) is 4.56. The lowest BCUT2D eigenvalue weighted by Gasteiger charge is -2.08. The lowest BCUT2D eigenvalue weighted by molar-refractivity contribution is 0.102. The maximum Gasteiger partial charge on any atom is 0.255 e.